The summed E-state index contributed by atoms with van der Waals surface area (Å²) in [5.74, 6) is 2.06. The fourth-order valence-electron chi connectivity index (χ4n) is 7.37. The predicted molar refractivity (Wildman–Crippen MR) is 154 cm³/mol. The van der Waals surface area contributed by atoms with Gasteiger partial charge in [-0.2, -0.15) is 0 Å². The van der Waals surface area contributed by atoms with Crippen molar-refractivity contribution in [2.24, 2.45) is 17.8 Å². The second-order valence-electron chi connectivity index (χ2n) is 10.9. The minimum absolute atomic E-state index is 0. The molecule has 3 aromatic carbocycles. The summed E-state index contributed by atoms with van der Waals surface area (Å²) < 4.78 is 0. The third-order valence-electron chi connectivity index (χ3n) is 8.90. The molecule has 3 aromatic rings. The Bertz CT molecular complexity index is 1410. The molecular formula is C36H38Br2Zr. The molecule has 0 spiro atoms. The van der Waals surface area contributed by atoms with Crippen LogP contribution >= 0.6 is 0 Å². The number of unbranched alkanes of at least 4 members (excludes halogenated alkanes) is 2. The van der Waals surface area contributed by atoms with Crippen molar-refractivity contribution in [1.82, 2.24) is 0 Å². The molecule has 3 atom stereocenters. The van der Waals surface area contributed by atoms with Crippen LogP contribution in [0.15, 0.2) is 97.1 Å². The van der Waals surface area contributed by atoms with E-state index in [1.54, 1.807) is 16.7 Å². The molecule has 0 fully saturated rings. The Morgan fingerprint density at radius 1 is 0.667 bits per heavy atom. The summed E-state index contributed by atoms with van der Waals surface area (Å²) in [6.45, 7) is 4.71. The van der Waals surface area contributed by atoms with Gasteiger partial charge in [0.25, 0.3) is 0 Å². The molecule has 200 valence electrons. The number of fused-ring (bicyclic) bond motifs is 5. The minimum atomic E-state index is 0. The van der Waals surface area contributed by atoms with Crippen LogP contribution in [0.5, 0.6) is 0 Å². The van der Waals surface area contributed by atoms with Gasteiger partial charge in [0.2, 0.25) is 0 Å². The average Bonchev–Trinajstić information content (AvgIpc) is 3.44. The van der Waals surface area contributed by atoms with Crippen LogP contribution in [0.2, 0.25) is 0 Å². The molecule has 0 radical (unpaired) electrons. The van der Waals surface area contributed by atoms with E-state index < -0.39 is 0 Å². The van der Waals surface area contributed by atoms with Gasteiger partial charge in [-0.15, -0.1) is 0 Å². The Morgan fingerprint density at radius 2 is 1.23 bits per heavy atom. The molecule has 0 amide bonds. The molecule has 0 nitrogen and oxygen atoms in total. The summed E-state index contributed by atoms with van der Waals surface area (Å²) >= 11 is 0. The average molecular weight is 722 g/mol. The number of rotatable bonds is 9. The molecule has 0 aromatic heterocycles. The van der Waals surface area contributed by atoms with E-state index in [2.05, 4.69) is 111 Å². The van der Waals surface area contributed by atoms with Gasteiger partial charge in [-0.25, -0.2) is 0 Å². The van der Waals surface area contributed by atoms with E-state index in [0.29, 0.717) is 23.7 Å². The van der Waals surface area contributed by atoms with Crippen LogP contribution in [0.4, 0.5) is 0 Å². The van der Waals surface area contributed by atoms with Crippen molar-refractivity contribution in [1.29, 1.82) is 0 Å². The van der Waals surface area contributed by atoms with Crippen molar-refractivity contribution in [3.8, 4) is 11.1 Å². The molecule has 0 aliphatic heterocycles. The molecule has 0 saturated carbocycles. The Hall–Kier alpha value is -1.28. The second kappa shape index (κ2) is 14.6. The molecule has 3 unspecified atom stereocenters. The standard InChI is InChI=1S/C36H38.2BrH.Zr/c1-3-5-15-33(35-29-21-11-7-17-25(29)26-18-8-12-22-30(26)35)34(16-6-4-2)36-31-23-13-9-19-27(31)28-20-10-14-24-32(28)36;;;/h7-14,17-24,29,33-34,36H,3-6,15-16H2,1-2H3;2*1H;/q;;;+2/p-2. The van der Waals surface area contributed by atoms with Crippen molar-refractivity contribution in [3.63, 3.8) is 0 Å². The first kappa shape index (κ1) is 32.2. The smallest absolute Gasteiger partial charge is 1.00 e. The third-order valence-corrected chi connectivity index (χ3v) is 8.90. The van der Waals surface area contributed by atoms with Crippen molar-refractivity contribution in [2.45, 2.75) is 58.3 Å². The van der Waals surface area contributed by atoms with E-state index in [0.717, 1.165) is 0 Å². The Kier molecular flexibility index (Phi) is 12.0. The summed E-state index contributed by atoms with van der Waals surface area (Å²) in [6.07, 6.45) is 17.0. The van der Waals surface area contributed by atoms with Gasteiger partial charge in [0, 0.05) is 11.8 Å². The number of benzene rings is 3. The van der Waals surface area contributed by atoms with Crippen LogP contribution < -0.4 is 44.4 Å². The fraction of sp³-hybridized carbons (Fsp3) is 0.333. The molecule has 39 heavy (non-hydrogen) atoms. The summed E-state index contributed by atoms with van der Waals surface area (Å²) in [4.78, 5) is 0. The number of hydrogen-bond donors (Lipinski definition) is 0. The van der Waals surface area contributed by atoms with Gasteiger partial charge in [0.15, 0.2) is 0 Å². The van der Waals surface area contributed by atoms with E-state index in [4.69, 9.17) is 0 Å². The van der Waals surface area contributed by atoms with Crippen molar-refractivity contribution in [3.05, 3.63) is 119 Å². The quantitative estimate of drug-likeness (QED) is 0.318. The monoisotopic (exact) mass is 718 g/mol. The summed E-state index contributed by atoms with van der Waals surface area (Å²) in [5.41, 5.74) is 9.22. The van der Waals surface area contributed by atoms with E-state index in [9.17, 15) is 0 Å². The summed E-state index contributed by atoms with van der Waals surface area (Å²) in [7, 11) is 0. The first-order valence-corrected chi connectivity index (χ1v) is 14.2. The zero-order valence-corrected chi connectivity index (χ0v) is 28.7. The van der Waals surface area contributed by atoms with Crippen LogP contribution in [0.1, 0.15) is 69.4 Å². The van der Waals surface area contributed by atoms with E-state index in [-0.39, 0.29) is 60.2 Å². The largest absolute Gasteiger partial charge is 2.00 e. The fourth-order valence-corrected chi connectivity index (χ4v) is 7.37. The SMILES string of the molecule is CCCCC(C1=c2ccccc2=C2C=CC=CC21)C(CCCC)C1c2ccccc2-c2ccccc21.[Br-].[Br-].[Zr+2]. The van der Waals surface area contributed by atoms with Crippen LogP contribution in [-0.2, 0) is 26.2 Å². The number of halogens is 2. The maximum absolute atomic E-state index is 2.47. The molecule has 0 heterocycles. The molecule has 0 N–H and O–H groups in total. The van der Waals surface area contributed by atoms with Crippen LogP contribution in [0, 0.1) is 17.8 Å². The molecule has 0 saturated heterocycles. The van der Waals surface area contributed by atoms with Crippen molar-refractivity contribution < 1.29 is 60.2 Å². The maximum atomic E-state index is 2.47. The van der Waals surface area contributed by atoms with Crippen LogP contribution in [0.25, 0.3) is 22.3 Å². The van der Waals surface area contributed by atoms with Crippen LogP contribution in [-0.4, -0.2) is 0 Å². The minimum Gasteiger partial charge on any atom is -1.00 e. The van der Waals surface area contributed by atoms with Crippen molar-refractivity contribution in [2.75, 3.05) is 0 Å². The zero-order valence-electron chi connectivity index (χ0n) is 23.0. The topological polar surface area (TPSA) is 0 Å². The first-order valence-electron chi connectivity index (χ1n) is 14.2. The van der Waals surface area contributed by atoms with E-state index in [1.807, 2.05) is 0 Å². The van der Waals surface area contributed by atoms with Crippen LogP contribution in [0.3, 0.4) is 0 Å². The Balaban J connectivity index is 0.00000140. The van der Waals surface area contributed by atoms with Gasteiger partial charge in [-0.3, -0.25) is 0 Å². The Labute approximate surface area is 275 Å². The summed E-state index contributed by atoms with van der Waals surface area (Å²) in [6, 6.07) is 27.7. The normalized spacial score (nSPS) is 17.6. The van der Waals surface area contributed by atoms with Gasteiger partial charge in [0.05, 0.1) is 0 Å². The van der Waals surface area contributed by atoms with Gasteiger partial charge in [-0.1, -0.05) is 137 Å². The second-order valence-corrected chi connectivity index (χ2v) is 10.9. The predicted octanol–water partition coefficient (Wildman–Crippen LogP) is 2.17. The van der Waals surface area contributed by atoms with Gasteiger partial charge in [-0.05, 0) is 68.5 Å². The van der Waals surface area contributed by atoms with E-state index >= 15 is 0 Å². The first-order chi connectivity index (χ1) is 17.8. The van der Waals surface area contributed by atoms with Gasteiger partial charge >= 0.3 is 26.2 Å². The number of hydrogen-bond acceptors (Lipinski definition) is 0. The Morgan fingerprint density at radius 3 is 1.87 bits per heavy atom. The van der Waals surface area contributed by atoms with Crippen molar-refractivity contribution >= 4 is 11.1 Å². The molecule has 6 rings (SSSR count). The number of allylic oxidation sites excluding steroid dienone is 4. The zero-order chi connectivity index (χ0) is 24.5. The third kappa shape index (κ3) is 5.89. The van der Waals surface area contributed by atoms with E-state index in [1.165, 1.54) is 65.7 Å². The molecule has 3 aliphatic carbocycles. The molecule has 3 heteroatoms. The molecule has 0 bridgehead atoms. The summed E-state index contributed by atoms with van der Waals surface area (Å²) in [5, 5.41) is 2.97. The van der Waals surface area contributed by atoms with Gasteiger partial charge < -0.3 is 34.0 Å². The molecule has 3 aliphatic rings. The molecular weight excluding hydrogens is 683 g/mol. The van der Waals surface area contributed by atoms with Gasteiger partial charge in [0.1, 0.15) is 0 Å². The maximum Gasteiger partial charge on any atom is 2.00 e.